The third-order valence-electron chi connectivity index (χ3n) is 6.70. The van der Waals surface area contributed by atoms with Crippen LogP contribution in [0.5, 0.6) is 5.75 Å². The lowest BCUT2D eigenvalue weighted by Crippen LogP contribution is -2.27. The SMILES string of the molecule is CCN(CC)CCOc1cccc(Nc2nccc(-c3scnc3-c3cccc(NC(=O)c4c(F)cccc4F)c3)n2)c1.O=CO. The number of amides is 1. The molecular weight excluding hydrogens is 614 g/mol. The number of carboxylic acid groups (broad SMARTS) is 1. The molecule has 0 aliphatic rings. The number of carbonyl (C=O) groups excluding carboxylic acids is 1. The highest BCUT2D eigenvalue weighted by molar-refractivity contribution is 7.13. The summed E-state index contributed by atoms with van der Waals surface area (Å²) < 4.78 is 34.1. The second kappa shape index (κ2) is 16.7. The molecule has 0 aliphatic heterocycles. The molecule has 13 heteroatoms. The molecule has 10 nitrogen and oxygen atoms in total. The van der Waals surface area contributed by atoms with Crippen LogP contribution in [0.25, 0.3) is 21.8 Å². The Morgan fingerprint density at radius 3 is 2.41 bits per heavy atom. The van der Waals surface area contributed by atoms with Crippen molar-refractivity contribution in [2.45, 2.75) is 13.8 Å². The fourth-order valence-electron chi connectivity index (χ4n) is 4.46. The first kappa shape index (κ1) is 33.6. The fraction of sp³-hybridized carbons (Fsp3) is 0.182. The van der Waals surface area contributed by atoms with Gasteiger partial charge in [0.25, 0.3) is 12.4 Å². The minimum Gasteiger partial charge on any atom is -0.492 e. The quantitative estimate of drug-likeness (QED) is 0.123. The third-order valence-corrected chi connectivity index (χ3v) is 7.55. The van der Waals surface area contributed by atoms with E-state index in [1.165, 1.54) is 17.4 Å². The first-order valence-electron chi connectivity index (χ1n) is 14.3. The number of rotatable bonds is 12. The van der Waals surface area contributed by atoms with Crippen LogP contribution in [0.15, 0.2) is 84.5 Å². The molecule has 0 saturated heterocycles. The minimum absolute atomic E-state index is 0.250. The standard InChI is InChI=1S/C32H30F2N6O2S.CH2O2/c1-3-40(4-2)16-17-42-24-11-6-10-23(19-24)38-32-35-15-14-27(39-32)30-29(36-20-43-30)21-8-5-9-22(18-21)37-31(41)28-25(33)12-7-13-26(28)34;2-1-3/h5-15,18-20H,3-4,16-17H2,1-2H3,(H,37,41)(H,35,38,39);1H,(H,2,3). The molecule has 238 valence electrons. The highest BCUT2D eigenvalue weighted by Crippen LogP contribution is 2.35. The van der Waals surface area contributed by atoms with Crippen molar-refractivity contribution in [3.63, 3.8) is 0 Å². The number of hydrogen-bond donors (Lipinski definition) is 3. The zero-order chi connectivity index (χ0) is 32.9. The molecule has 0 radical (unpaired) electrons. The highest BCUT2D eigenvalue weighted by Gasteiger charge is 2.18. The molecule has 0 saturated carbocycles. The van der Waals surface area contributed by atoms with Crippen molar-refractivity contribution in [1.82, 2.24) is 19.9 Å². The summed E-state index contributed by atoms with van der Waals surface area (Å²) in [5.74, 6) is -1.58. The van der Waals surface area contributed by atoms with Gasteiger partial charge in [-0.2, -0.15) is 0 Å². The maximum atomic E-state index is 14.1. The molecule has 5 aromatic rings. The van der Waals surface area contributed by atoms with Crippen molar-refractivity contribution >= 4 is 41.0 Å². The number of nitrogens with zero attached hydrogens (tertiary/aromatic N) is 4. The molecule has 5 rings (SSSR count). The van der Waals surface area contributed by atoms with E-state index in [0.717, 1.165) is 48.1 Å². The molecule has 0 atom stereocenters. The summed E-state index contributed by atoms with van der Waals surface area (Å²) in [7, 11) is 0. The van der Waals surface area contributed by atoms with E-state index >= 15 is 0 Å². The Balaban J connectivity index is 0.00000154. The first-order valence-corrected chi connectivity index (χ1v) is 15.2. The molecule has 0 aliphatic carbocycles. The van der Waals surface area contributed by atoms with Crippen molar-refractivity contribution in [3.05, 3.63) is 102 Å². The lowest BCUT2D eigenvalue weighted by molar-refractivity contribution is -0.122. The average molecular weight is 647 g/mol. The van der Waals surface area contributed by atoms with Gasteiger partial charge in [0.15, 0.2) is 0 Å². The van der Waals surface area contributed by atoms with E-state index in [4.69, 9.17) is 19.6 Å². The van der Waals surface area contributed by atoms with Crippen LogP contribution in [0.4, 0.5) is 26.1 Å². The number of benzene rings is 3. The number of nitrogens with one attached hydrogen (secondary N) is 2. The predicted octanol–water partition coefficient (Wildman–Crippen LogP) is 6.96. The summed E-state index contributed by atoms with van der Waals surface area (Å²) in [5, 5.41) is 12.7. The number of hydrogen-bond acceptors (Lipinski definition) is 9. The smallest absolute Gasteiger partial charge is 0.290 e. The second-order valence-corrected chi connectivity index (χ2v) is 10.4. The summed E-state index contributed by atoms with van der Waals surface area (Å²) in [6.45, 7) is 7.42. The summed E-state index contributed by atoms with van der Waals surface area (Å²) in [6.07, 6.45) is 1.66. The average Bonchev–Trinajstić information content (AvgIpc) is 3.54. The maximum absolute atomic E-state index is 14.1. The first-order chi connectivity index (χ1) is 22.4. The number of anilines is 3. The molecule has 3 aromatic carbocycles. The van der Waals surface area contributed by atoms with Crippen LogP contribution in [-0.2, 0) is 4.79 Å². The number of carbonyl (C=O) groups is 2. The Bertz CT molecular complexity index is 1750. The Hall–Kier alpha value is -5.27. The van der Waals surface area contributed by atoms with E-state index < -0.39 is 23.1 Å². The topological polar surface area (TPSA) is 130 Å². The van der Waals surface area contributed by atoms with Gasteiger partial charge in [0.2, 0.25) is 5.95 Å². The van der Waals surface area contributed by atoms with E-state index in [9.17, 15) is 13.6 Å². The molecule has 0 fully saturated rings. The fourth-order valence-corrected chi connectivity index (χ4v) is 5.24. The summed E-state index contributed by atoms with van der Waals surface area (Å²) in [6, 6.07) is 19.6. The molecule has 0 spiro atoms. The van der Waals surface area contributed by atoms with Crippen LogP contribution >= 0.6 is 11.3 Å². The summed E-state index contributed by atoms with van der Waals surface area (Å²) in [4.78, 5) is 37.7. The van der Waals surface area contributed by atoms with E-state index in [1.54, 1.807) is 36.0 Å². The van der Waals surface area contributed by atoms with Crippen LogP contribution in [-0.4, -0.2) is 63.6 Å². The Kier molecular flexibility index (Phi) is 12.2. The maximum Gasteiger partial charge on any atom is 0.290 e. The molecule has 2 heterocycles. The largest absolute Gasteiger partial charge is 0.492 e. The van der Waals surface area contributed by atoms with E-state index in [2.05, 4.69) is 39.3 Å². The number of halogens is 2. The van der Waals surface area contributed by atoms with Crippen LogP contribution in [0, 0.1) is 11.6 Å². The Morgan fingerprint density at radius 2 is 1.67 bits per heavy atom. The van der Waals surface area contributed by atoms with Crippen LogP contribution in [0.3, 0.4) is 0 Å². The van der Waals surface area contributed by atoms with Gasteiger partial charge in [-0.1, -0.05) is 38.1 Å². The molecule has 0 bridgehead atoms. The van der Waals surface area contributed by atoms with Crippen LogP contribution < -0.4 is 15.4 Å². The van der Waals surface area contributed by atoms with Gasteiger partial charge in [0.1, 0.15) is 29.6 Å². The zero-order valence-corrected chi connectivity index (χ0v) is 25.9. The monoisotopic (exact) mass is 646 g/mol. The van der Waals surface area contributed by atoms with Crippen molar-refractivity contribution in [2.24, 2.45) is 0 Å². The molecule has 46 heavy (non-hydrogen) atoms. The molecule has 2 aromatic heterocycles. The predicted molar refractivity (Wildman–Crippen MR) is 175 cm³/mol. The molecular formula is C33H32F2N6O4S. The van der Waals surface area contributed by atoms with Crippen molar-refractivity contribution in [2.75, 3.05) is 36.9 Å². The zero-order valence-electron chi connectivity index (χ0n) is 25.1. The van der Waals surface area contributed by atoms with E-state index in [0.29, 0.717) is 35.2 Å². The van der Waals surface area contributed by atoms with Crippen molar-refractivity contribution < 1.29 is 28.2 Å². The lowest BCUT2D eigenvalue weighted by atomic mass is 10.1. The molecule has 1 amide bonds. The summed E-state index contributed by atoms with van der Waals surface area (Å²) in [5.41, 5.74) is 4.23. The van der Waals surface area contributed by atoms with Gasteiger partial charge in [0, 0.05) is 35.7 Å². The number of ether oxygens (including phenoxy) is 1. The van der Waals surface area contributed by atoms with Gasteiger partial charge in [0.05, 0.1) is 21.8 Å². The minimum atomic E-state index is -0.932. The van der Waals surface area contributed by atoms with Gasteiger partial charge in [-0.05, 0) is 55.6 Å². The van der Waals surface area contributed by atoms with Crippen molar-refractivity contribution in [1.29, 1.82) is 0 Å². The van der Waals surface area contributed by atoms with Gasteiger partial charge >= 0.3 is 0 Å². The van der Waals surface area contributed by atoms with E-state index in [1.807, 2.05) is 30.3 Å². The number of aromatic nitrogens is 3. The van der Waals surface area contributed by atoms with Gasteiger partial charge in [-0.15, -0.1) is 11.3 Å². The van der Waals surface area contributed by atoms with Gasteiger partial charge < -0.3 is 25.4 Å². The highest BCUT2D eigenvalue weighted by atomic mass is 32.1. The molecule has 3 N–H and O–H groups in total. The van der Waals surface area contributed by atoms with Crippen molar-refractivity contribution in [3.8, 4) is 27.6 Å². The second-order valence-electron chi connectivity index (χ2n) is 9.56. The lowest BCUT2D eigenvalue weighted by Gasteiger charge is -2.18. The van der Waals surface area contributed by atoms with Crippen LogP contribution in [0.1, 0.15) is 24.2 Å². The Labute approximate surface area is 268 Å². The Morgan fingerprint density at radius 1 is 0.978 bits per heavy atom. The van der Waals surface area contributed by atoms with Gasteiger partial charge in [-0.3, -0.25) is 9.59 Å². The summed E-state index contributed by atoms with van der Waals surface area (Å²) >= 11 is 1.41. The third kappa shape index (κ3) is 8.89. The molecule has 0 unspecified atom stereocenters. The van der Waals surface area contributed by atoms with E-state index in [-0.39, 0.29) is 6.47 Å². The normalized spacial score (nSPS) is 10.5. The van der Waals surface area contributed by atoms with Crippen LogP contribution in [0.2, 0.25) is 0 Å². The van der Waals surface area contributed by atoms with Gasteiger partial charge in [-0.25, -0.2) is 23.7 Å². The number of likely N-dealkylation sites (N-methyl/N-ethyl adjacent to an activating group) is 1. The number of thiazole rings is 1.